The highest BCUT2D eigenvalue weighted by Crippen LogP contribution is 2.37. The predicted octanol–water partition coefficient (Wildman–Crippen LogP) is 1.36. The first-order chi connectivity index (χ1) is 8.86. The van der Waals surface area contributed by atoms with Gasteiger partial charge in [-0.25, -0.2) is 0 Å². The first kappa shape index (κ1) is 14.1. The van der Waals surface area contributed by atoms with Crippen LogP contribution in [-0.4, -0.2) is 30.6 Å². The van der Waals surface area contributed by atoms with Crippen molar-refractivity contribution in [2.24, 2.45) is 11.8 Å². The van der Waals surface area contributed by atoms with E-state index in [0.29, 0.717) is 19.4 Å². The van der Waals surface area contributed by atoms with Gasteiger partial charge in [-0.1, -0.05) is 0 Å². The summed E-state index contributed by atoms with van der Waals surface area (Å²) in [6, 6.07) is -0.193. The Morgan fingerprint density at radius 3 is 2.32 bits per heavy atom. The van der Waals surface area contributed by atoms with Crippen molar-refractivity contribution in [3.63, 3.8) is 0 Å². The molecule has 0 aromatic heterocycles. The number of carbonyl (C=O) groups is 2. The van der Waals surface area contributed by atoms with E-state index in [1.165, 1.54) is 0 Å². The van der Waals surface area contributed by atoms with Crippen LogP contribution in [0.25, 0.3) is 0 Å². The van der Waals surface area contributed by atoms with E-state index in [-0.39, 0.29) is 43.0 Å². The van der Waals surface area contributed by atoms with Gasteiger partial charge in [0, 0.05) is 19.0 Å². The van der Waals surface area contributed by atoms with Crippen molar-refractivity contribution in [2.45, 2.75) is 44.3 Å². The summed E-state index contributed by atoms with van der Waals surface area (Å²) in [4.78, 5) is 22.8. The van der Waals surface area contributed by atoms with Gasteiger partial charge in [0.25, 0.3) is 0 Å². The average molecular weight is 278 g/mol. The van der Waals surface area contributed by atoms with Crippen molar-refractivity contribution in [1.82, 2.24) is 10.6 Å². The Morgan fingerprint density at radius 2 is 1.84 bits per heavy atom. The van der Waals surface area contributed by atoms with Crippen LogP contribution in [0.4, 0.5) is 13.2 Å². The van der Waals surface area contributed by atoms with Gasteiger partial charge < -0.3 is 10.6 Å². The summed E-state index contributed by atoms with van der Waals surface area (Å²) < 4.78 is 37.5. The lowest BCUT2D eigenvalue weighted by Gasteiger charge is -2.30. The van der Waals surface area contributed by atoms with Gasteiger partial charge in [0.2, 0.25) is 11.8 Å². The second kappa shape index (κ2) is 5.38. The second-order valence-electron chi connectivity index (χ2n) is 5.30. The van der Waals surface area contributed by atoms with Crippen LogP contribution in [-0.2, 0) is 9.59 Å². The van der Waals surface area contributed by atoms with Crippen molar-refractivity contribution in [3.05, 3.63) is 0 Å². The quantitative estimate of drug-likeness (QED) is 0.801. The van der Waals surface area contributed by atoms with E-state index in [1.807, 2.05) is 0 Å². The minimum absolute atomic E-state index is 0.0658. The van der Waals surface area contributed by atoms with E-state index in [1.54, 1.807) is 0 Å². The fourth-order valence-corrected chi connectivity index (χ4v) is 2.67. The number of amides is 2. The highest BCUT2D eigenvalue weighted by molar-refractivity contribution is 5.89. The fourth-order valence-electron chi connectivity index (χ4n) is 2.67. The molecule has 1 saturated heterocycles. The Balaban J connectivity index is 1.76. The molecule has 2 aliphatic rings. The number of carbonyl (C=O) groups excluding carboxylic acids is 2. The molecule has 0 bridgehead atoms. The van der Waals surface area contributed by atoms with Gasteiger partial charge in [-0.3, -0.25) is 9.59 Å². The molecule has 2 N–H and O–H groups in total. The van der Waals surface area contributed by atoms with Gasteiger partial charge in [-0.15, -0.1) is 0 Å². The number of rotatable bonds is 2. The molecule has 0 radical (unpaired) electrons. The summed E-state index contributed by atoms with van der Waals surface area (Å²) in [7, 11) is 0. The SMILES string of the molecule is O=C1CC(C(=O)NC2CCC(C(F)(F)F)CC2)CN1. The molecule has 2 rings (SSSR count). The number of hydrogen-bond donors (Lipinski definition) is 2. The van der Waals surface area contributed by atoms with Crippen LogP contribution < -0.4 is 10.6 Å². The van der Waals surface area contributed by atoms with Gasteiger partial charge >= 0.3 is 6.18 Å². The maximum Gasteiger partial charge on any atom is 0.391 e. The van der Waals surface area contributed by atoms with Crippen LogP contribution in [0.3, 0.4) is 0 Å². The Bertz CT molecular complexity index is 362. The molecule has 4 nitrogen and oxygen atoms in total. The van der Waals surface area contributed by atoms with E-state index < -0.39 is 12.1 Å². The van der Waals surface area contributed by atoms with Crippen molar-refractivity contribution in [1.29, 1.82) is 0 Å². The smallest absolute Gasteiger partial charge is 0.355 e. The van der Waals surface area contributed by atoms with Gasteiger partial charge in [0.15, 0.2) is 0 Å². The summed E-state index contributed by atoms with van der Waals surface area (Å²) >= 11 is 0. The third kappa shape index (κ3) is 3.61. The molecule has 0 aromatic rings. The maximum absolute atomic E-state index is 12.5. The minimum Gasteiger partial charge on any atom is -0.355 e. The molecule has 108 valence electrons. The van der Waals surface area contributed by atoms with Gasteiger partial charge in [0.1, 0.15) is 0 Å². The molecule has 0 aromatic carbocycles. The monoisotopic (exact) mass is 278 g/mol. The molecule has 2 amide bonds. The van der Waals surface area contributed by atoms with Crippen LogP contribution in [0.15, 0.2) is 0 Å². The molecular formula is C12H17F3N2O2. The van der Waals surface area contributed by atoms with Crippen LogP contribution in [0, 0.1) is 11.8 Å². The van der Waals surface area contributed by atoms with Gasteiger partial charge in [-0.2, -0.15) is 13.2 Å². The van der Waals surface area contributed by atoms with Gasteiger partial charge in [0.05, 0.1) is 11.8 Å². The summed E-state index contributed by atoms with van der Waals surface area (Å²) in [5.74, 6) is -2.00. The largest absolute Gasteiger partial charge is 0.391 e. The summed E-state index contributed by atoms with van der Waals surface area (Å²) in [6.07, 6.45) is -3.12. The van der Waals surface area contributed by atoms with E-state index in [0.717, 1.165) is 0 Å². The Kier molecular flexibility index (Phi) is 4.01. The highest BCUT2D eigenvalue weighted by Gasteiger charge is 2.41. The molecule has 7 heteroatoms. The molecule has 19 heavy (non-hydrogen) atoms. The third-order valence-electron chi connectivity index (χ3n) is 3.88. The van der Waals surface area contributed by atoms with Crippen molar-refractivity contribution in [3.8, 4) is 0 Å². The van der Waals surface area contributed by atoms with Crippen LogP contribution in [0.1, 0.15) is 32.1 Å². The van der Waals surface area contributed by atoms with E-state index in [9.17, 15) is 22.8 Å². The van der Waals surface area contributed by atoms with E-state index >= 15 is 0 Å². The normalized spacial score (nSPS) is 31.9. The Labute approximate surface area is 109 Å². The lowest BCUT2D eigenvalue weighted by atomic mass is 9.85. The first-order valence-electron chi connectivity index (χ1n) is 6.50. The zero-order valence-corrected chi connectivity index (χ0v) is 10.4. The van der Waals surface area contributed by atoms with Crippen LogP contribution in [0.5, 0.6) is 0 Å². The summed E-state index contributed by atoms with van der Waals surface area (Å²) in [6.45, 7) is 0.322. The first-order valence-corrected chi connectivity index (χ1v) is 6.50. The highest BCUT2D eigenvalue weighted by atomic mass is 19.4. The van der Waals surface area contributed by atoms with Crippen molar-refractivity contribution in [2.75, 3.05) is 6.54 Å². The summed E-state index contributed by atoms with van der Waals surface area (Å²) in [5.41, 5.74) is 0. The zero-order chi connectivity index (χ0) is 14.0. The number of alkyl halides is 3. The van der Waals surface area contributed by atoms with E-state index in [4.69, 9.17) is 0 Å². The molecule has 1 atom stereocenters. The Morgan fingerprint density at radius 1 is 1.21 bits per heavy atom. The molecule has 1 aliphatic carbocycles. The average Bonchev–Trinajstić information content (AvgIpc) is 2.75. The molecule has 1 saturated carbocycles. The molecule has 1 unspecified atom stereocenters. The zero-order valence-electron chi connectivity index (χ0n) is 10.4. The standard InChI is InChI=1S/C12H17F3N2O2/c13-12(14,15)8-1-3-9(4-2-8)17-11(19)7-5-10(18)16-6-7/h7-9H,1-6H2,(H,16,18)(H,17,19). The molecule has 1 heterocycles. The maximum atomic E-state index is 12.5. The van der Waals surface area contributed by atoms with Crippen LogP contribution in [0.2, 0.25) is 0 Å². The molecule has 2 fully saturated rings. The van der Waals surface area contributed by atoms with Crippen LogP contribution >= 0.6 is 0 Å². The Hall–Kier alpha value is -1.27. The molecular weight excluding hydrogens is 261 g/mol. The fraction of sp³-hybridized carbons (Fsp3) is 0.833. The minimum atomic E-state index is -4.13. The summed E-state index contributed by atoms with van der Waals surface area (Å²) in [5, 5.41) is 5.32. The van der Waals surface area contributed by atoms with Crippen molar-refractivity contribution < 1.29 is 22.8 Å². The van der Waals surface area contributed by atoms with Gasteiger partial charge in [-0.05, 0) is 25.7 Å². The lowest BCUT2D eigenvalue weighted by Crippen LogP contribution is -2.42. The molecule has 1 aliphatic heterocycles. The van der Waals surface area contributed by atoms with E-state index in [2.05, 4.69) is 10.6 Å². The predicted molar refractivity (Wildman–Crippen MR) is 61.1 cm³/mol. The third-order valence-corrected chi connectivity index (χ3v) is 3.88. The topological polar surface area (TPSA) is 58.2 Å². The van der Waals surface area contributed by atoms with Crippen molar-refractivity contribution >= 4 is 11.8 Å². The lowest BCUT2D eigenvalue weighted by molar-refractivity contribution is -0.182. The number of hydrogen-bond acceptors (Lipinski definition) is 2. The second-order valence-corrected chi connectivity index (χ2v) is 5.30. The number of nitrogens with one attached hydrogen (secondary N) is 2. The number of halogens is 3. The molecule has 0 spiro atoms.